The lowest BCUT2D eigenvalue weighted by molar-refractivity contribution is -0.450. The van der Waals surface area contributed by atoms with E-state index >= 15 is 0 Å². The second-order valence-corrected chi connectivity index (χ2v) is 5.67. The van der Waals surface area contributed by atoms with E-state index in [4.69, 9.17) is 14.6 Å². The molecule has 0 aromatic carbocycles. The molecule has 1 unspecified atom stereocenters. The van der Waals surface area contributed by atoms with Crippen LogP contribution in [-0.2, 0) is 9.47 Å². The maximum Gasteiger partial charge on any atom is 0.285 e. The van der Waals surface area contributed by atoms with Gasteiger partial charge in [-0.3, -0.25) is 4.74 Å². The van der Waals surface area contributed by atoms with Gasteiger partial charge in [-0.1, -0.05) is 20.8 Å². The molecule has 1 aliphatic heterocycles. The minimum absolute atomic E-state index is 0.621. The molecule has 0 aromatic rings. The molecule has 8 heteroatoms. The monoisotopic (exact) mass is 282 g/mol. The van der Waals surface area contributed by atoms with Crippen molar-refractivity contribution in [3.63, 3.8) is 0 Å². The van der Waals surface area contributed by atoms with Crippen molar-refractivity contribution in [3.05, 3.63) is 0 Å². The number of aliphatic hydroxyl groups excluding tert-OH is 4. The predicted octanol–water partition coefficient (Wildman–Crippen LogP) is -2.51. The summed E-state index contributed by atoms with van der Waals surface area (Å²) in [6.07, 6.45) is -7.60. The minimum atomic E-state index is -2.62. The van der Waals surface area contributed by atoms with Gasteiger partial charge in [-0.15, -0.1) is 0 Å². The van der Waals surface area contributed by atoms with E-state index in [9.17, 15) is 25.5 Å². The van der Waals surface area contributed by atoms with Crippen LogP contribution in [0.25, 0.3) is 0 Å². The highest BCUT2D eigenvalue weighted by molar-refractivity contribution is 4.89. The molecule has 1 rings (SSSR count). The van der Waals surface area contributed by atoms with Gasteiger partial charge in [0.25, 0.3) is 5.97 Å². The Kier molecular flexibility index (Phi) is 4.92. The quantitative estimate of drug-likeness (QED) is 0.312. The van der Waals surface area contributed by atoms with Gasteiger partial charge < -0.3 is 35.4 Å². The molecule has 1 heterocycles. The Morgan fingerprint density at radius 3 is 1.95 bits per heavy atom. The second kappa shape index (κ2) is 5.58. The van der Waals surface area contributed by atoms with Crippen LogP contribution >= 0.6 is 0 Å². The Labute approximate surface area is 110 Å². The molecule has 0 spiro atoms. The molecule has 0 saturated carbocycles. The van der Waals surface area contributed by atoms with Crippen molar-refractivity contribution in [2.75, 3.05) is 6.61 Å². The van der Waals surface area contributed by atoms with Crippen LogP contribution in [0.4, 0.5) is 0 Å². The van der Waals surface area contributed by atoms with E-state index in [2.05, 4.69) is 0 Å². The van der Waals surface area contributed by atoms with E-state index in [1.54, 1.807) is 0 Å². The molecular formula is C11H22O8. The van der Waals surface area contributed by atoms with Crippen molar-refractivity contribution < 1.29 is 40.1 Å². The van der Waals surface area contributed by atoms with Crippen LogP contribution in [0.5, 0.6) is 0 Å². The number of hydrogen-bond donors (Lipinski definition) is 6. The van der Waals surface area contributed by atoms with Gasteiger partial charge >= 0.3 is 0 Å². The summed E-state index contributed by atoms with van der Waals surface area (Å²) in [6.45, 7) is 3.83. The summed E-state index contributed by atoms with van der Waals surface area (Å²) in [7, 11) is 0. The van der Waals surface area contributed by atoms with Crippen LogP contribution in [0.1, 0.15) is 20.8 Å². The molecule has 0 radical (unpaired) electrons. The van der Waals surface area contributed by atoms with E-state index < -0.39 is 48.7 Å². The lowest BCUT2D eigenvalue weighted by atomic mass is 9.93. The largest absolute Gasteiger partial charge is 0.394 e. The van der Waals surface area contributed by atoms with E-state index in [0.29, 0.717) is 0 Å². The minimum Gasteiger partial charge on any atom is -0.394 e. The first kappa shape index (κ1) is 16.7. The zero-order valence-electron chi connectivity index (χ0n) is 11.1. The third-order valence-electron chi connectivity index (χ3n) is 3.11. The molecular weight excluding hydrogens is 260 g/mol. The average molecular weight is 282 g/mol. The number of rotatable bonds is 3. The average Bonchev–Trinajstić information content (AvgIpc) is 2.28. The molecule has 114 valence electrons. The molecule has 19 heavy (non-hydrogen) atoms. The first-order chi connectivity index (χ1) is 8.51. The van der Waals surface area contributed by atoms with Gasteiger partial charge in [0.1, 0.15) is 24.4 Å². The molecule has 0 aliphatic carbocycles. The summed E-state index contributed by atoms with van der Waals surface area (Å²) in [4.78, 5) is 0. The fourth-order valence-electron chi connectivity index (χ4n) is 1.50. The van der Waals surface area contributed by atoms with Crippen LogP contribution in [0.15, 0.2) is 0 Å². The van der Waals surface area contributed by atoms with Crippen molar-refractivity contribution in [1.29, 1.82) is 0 Å². The van der Waals surface area contributed by atoms with E-state index in [0.717, 1.165) is 0 Å². The summed E-state index contributed by atoms with van der Waals surface area (Å²) in [5.74, 6) is -2.62. The molecule has 6 N–H and O–H groups in total. The van der Waals surface area contributed by atoms with Crippen LogP contribution in [0.2, 0.25) is 0 Å². The van der Waals surface area contributed by atoms with Gasteiger partial charge in [0.15, 0.2) is 6.29 Å². The third-order valence-corrected chi connectivity index (χ3v) is 3.11. The summed E-state index contributed by atoms with van der Waals surface area (Å²) in [5, 5.41) is 57.3. The first-order valence-electron chi connectivity index (χ1n) is 5.94. The zero-order chi connectivity index (χ0) is 15.0. The van der Waals surface area contributed by atoms with Gasteiger partial charge in [-0.25, -0.2) is 0 Å². The van der Waals surface area contributed by atoms with Crippen LogP contribution < -0.4 is 0 Å². The molecule has 5 atom stereocenters. The van der Waals surface area contributed by atoms with Crippen molar-refractivity contribution in [2.45, 2.75) is 57.5 Å². The van der Waals surface area contributed by atoms with Gasteiger partial charge in [0, 0.05) is 5.41 Å². The highest BCUT2D eigenvalue weighted by atomic mass is 16.8. The van der Waals surface area contributed by atoms with Crippen LogP contribution in [-0.4, -0.2) is 73.9 Å². The number of hydrogen-bond acceptors (Lipinski definition) is 8. The van der Waals surface area contributed by atoms with E-state index in [-0.39, 0.29) is 0 Å². The third kappa shape index (κ3) is 3.41. The summed E-state index contributed by atoms with van der Waals surface area (Å²) >= 11 is 0. The zero-order valence-corrected chi connectivity index (χ0v) is 11.1. The highest BCUT2D eigenvalue weighted by Gasteiger charge is 2.49. The molecule has 8 nitrogen and oxygen atoms in total. The Morgan fingerprint density at radius 2 is 1.53 bits per heavy atom. The maximum atomic E-state index is 9.77. The summed E-state index contributed by atoms with van der Waals surface area (Å²) in [6, 6.07) is 0. The Balaban J connectivity index is 2.83. The van der Waals surface area contributed by atoms with Gasteiger partial charge in [-0.2, -0.15) is 0 Å². The van der Waals surface area contributed by atoms with E-state index in [1.807, 2.05) is 0 Å². The van der Waals surface area contributed by atoms with Crippen molar-refractivity contribution >= 4 is 0 Å². The number of ether oxygens (including phenoxy) is 2. The van der Waals surface area contributed by atoms with Gasteiger partial charge in [-0.05, 0) is 0 Å². The van der Waals surface area contributed by atoms with Crippen LogP contribution in [0.3, 0.4) is 0 Å². The normalized spacial score (nSPS) is 37.4. The lowest BCUT2D eigenvalue weighted by Gasteiger charge is -2.44. The SMILES string of the molecule is CC(C)(C)C(O)(O)OC1O[C@H](CO)[C@@H](O)[C@H](O)[C@H]1O. The standard InChI is InChI=1S/C11H22O8/c1-10(2,3)11(16,17)19-9-8(15)7(14)6(13)5(4-12)18-9/h5-9,12-17H,4H2,1-3H3/t5-,6-,7+,8-,9?/m1/s1. The summed E-state index contributed by atoms with van der Waals surface area (Å²) in [5.41, 5.74) is -1.11. The first-order valence-corrected chi connectivity index (χ1v) is 5.94. The molecule has 0 amide bonds. The van der Waals surface area contributed by atoms with Crippen molar-refractivity contribution in [1.82, 2.24) is 0 Å². The highest BCUT2D eigenvalue weighted by Crippen LogP contribution is 2.33. The smallest absolute Gasteiger partial charge is 0.285 e. The van der Waals surface area contributed by atoms with Crippen molar-refractivity contribution in [2.24, 2.45) is 5.41 Å². The Hall–Kier alpha value is -0.320. The Morgan fingerprint density at radius 1 is 1.00 bits per heavy atom. The van der Waals surface area contributed by atoms with Crippen molar-refractivity contribution in [3.8, 4) is 0 Å². The molecule has 1 saturated heterocycles. The maximum absolute atomic E-state index is 9.77. The van der Waals surface area contributed by atoms with Crippen LogP contribution in [0, 0.1) is 5.41 Å². The molecule has 1 aliphatic rings. The fraction of sp³-hybridized carbons (Fsp3) is 1.00. The Bertz CT molecular complexity index is 298. The topological polar surface area (TPSA) is 140 Å². The van der Waals surface area contributed by atoms with Gasteiger partial charge in [0.05, 0.1) is 6.61 Å². The predicted molar refractivity (Wildman–Crippen MR) is 61.5 cm³/mol. The summed E-state index contributed by atoms with van der Waals surface area (Å²) < 4.78 is 9.87. The molecule has 0 bridgehead atoms. The van der Waals surface area contributed by atoms with E-state index in [1.165, 1.54) is 20.8 Å². The molecule has 0 aromatic heterocycles. The number of aliphatic hydroxyl groups is 6. The lowest BCUT2D eigenvalue weighted by Crippen LogP contribution is -2.62. The van der Waals surface area contributed by atoms with Gasteiger partial charge in [0.2, 0.25) is 0 Å². The molecule has 1 fully saturated rings. The fourth-order valence-corrected chi connectivity index (χ4v) is 1.50. The second-order valence-electron chi connectivity index (χ2n) is 5.67.